The third kappa shape index (κ3) is 17.9. The van der Waals surface area contributed by atoms with Crippen LogP contribution in [0.15, 0.2) is 54.6 Å². The maximum absolute atomic E-state index is 12.9. The molecule has 0 aliphatic heterocycles. The molecule has 0 saturated heterocycles. The lowest BCUT2D eigenvalue weighted by Crippen LogP contribution is -2.54. The number of benzene rings is 2. The van der Waals surface area contributed by atoms with Crippen LogP contribution in [0.4, 0.5) is 0 Å². The van der Waals surface area contributed by atoms with Crippen LogP contribution in [-0.2, 0) is 41.6 Å². The summed E-state index contributed by atoms with van der Waals surface area (Å²) < 4.78 is 0. The Hall–Kier alpha value is -4.67. The fourth-order valence-electron chi connectivity index (χ4n) is 3.59. The van der Waals surface area contributed by atoms with Gasteiger partial charge in [0.15, 0.2) is 0 Å². The minimum absolute atomic E-state index is 0. The second kappa shape index (κ2) is 21.9. The molecule has 0 bridgehead atoms. The number of aromatic hydroxyl groups is 1. The number of hydrogen-bond acceptors (Lipinski definition) is 9. The van der Waals surface area contributed by atoms with Crippen LogP contribution in [0.1, 0.15) is 24.5 Å². The van der Waals surface area contributed by atoms with E-state index in [1.54, 1.807) is 42.5 Å². The summed E-state index contributed by atoms with van der Waals surface area (Å²) in [5.74, 6) is -3.94. The molecule has 0 heterocycles. The number of carboxylic acids is 2. The number of nitrogens with one attached hydrogen (secondary N) is 4. The van der Waals surface area contributed by atoms with Crippen molar-refractivity contribution in [2.45, 2.75) is 44.3 Å². The SMILES string of the molecule is CC(=O)O.CSCC[C@H](NC(=O)[C@H](Cc1ccccc1)NC(=O)CNC(=O)CNC(=O)[C@@H](N)Cc1ccc(O)cc1)C(=O)O.O. The van der Waals surface area contributed by atoms with Gasteiger partial charge in [-0.25, -0.2) is 4.79 Å². The first-order chi connectivity index (χ1) is 20.8. The molecule has 0 aromatic heterocycles. The number of carbonyl (C=O) groups is 6. The first-order valence-electron chi connectivity index (χ1n) is 13.4. The maximum Gasteiger partial charge on any atom is 0.326 e. The van der Waals surface area contributed by atoms with Gasteiger partial charge in [-0.3, -0.25) is 24.0 Å². The molecule has 0 aliphatic carbocycles. The highest BCUT2D eigenvalue weighted by Gasteiger charge is 2.27. The van der Waals surface area contributed by atoms with E-state index in [1.807, 2.05) is 6.26 Å². The molecular formula is C29H41N5O10S. The summed E-state index contributed by atoms with van der Waals surface area (Å²) in [7, 11) is 0. The smallest absolute Gasteiger partial charge is 0.326 e. The van der Waals surface area contributed by atoms with Crippen molar-refractivity contribution in [2.75, 3.05) is 25.1 Å². The normalized spacial score (nSPS) is 12.0. The van der Waals surface area contributed by atoms with E-state index >= 15 is 0 Å². The first kappa shape index (κ1) is 40.3. The van der Waals surface area contributed by atoms with Crippen molar-refractivity contribution in [2.24, 2.45) is 5.73 Å². The second-order valence-corrected chi connectivity index (χ2v) is 10.5. The molecule has 0 radical (unpaired) electrons. The lowest BCUT2D eigenvalue weighted by molar-refractivity contribution is -0.142. The number of amides is 4. The van der Waals surface area contributed by atoms with E-state index in [0.29, 0.717) is 5.75 Å². The molecule has 3 atom stereocenters. The predicted octanol–water partition coefficient (Wildman–Crippen LogP) is -1.19. The van der Waals surface area contributed by atoms with Gasteiger partial charge in [0, 0.05) is 13.3 Å². The number of aliphatic carboxylic acids is 2. The standard InChI is InChI=1S/C27H35N5O7S.C2H4O2.H2O/c1-40-12-11-21(27(38)39)32-26(37)22(14-17-5-3-2-4-6-17)31-24(35)16-29-23(34)15-30-25(36)20(28)13-18-7-9-19(33)10-8-18;1-2(3)4;/h2-10,20-22,33H,11-16,28H2,1H3,(H,29,34)(H,30,36)(H,31,35)(H,32,37)(H,38,39);1H3,(H,3,4);1H2/t20-,21-,22-;;/m0../s1. The summed E-state index contributed by atoms with van der Waals surface area (Å²) in [5.41, 5.74) is 7.35. The van der Waals surface area contributed by atoms with E-state index in [2.05, 4.69) is 21.3 Å². The second-order valence-electron chi connectivity index (χ2n) is 9.48. The zero-order valence-corrected chi connectivity index (χ0v) is 25.8. The van der Waals surface area contributed by atoms with Gasteiger partial charge in [-0.15, -0.1) is 0 Å². The van der Waals surface area contributed by atoms with Crippen LogP contribution in [0, 0.1) is 0 Å². The molecule has 0 saturated carbocycles. The van der Waals surface area contributed by atoms with Crippen LogP contribution in [0.2, 0.25) is 0 Å². The van der Waals surface area contributed by atoms with Crippen LogP contribution in [0.5, 0.6) is 5.75 Å². The van der Waals surface area contributed by atoms with Gasteiger partial charge in [0.25, 0.3) is 5.97 Å². The topological polar surface area (TPSA) is 269 Å². The van der Waals surface area contributed by atoms with E-state index in [-0.39, 0.29) is 30.5 Å². The van der Waals surface area contributed by atoms with E-state index in [9.17, 15) is 34.2 Å². The van der Waals surface area contributed by atoms with Crippen molar-refractivity contribution in [3.05, 3.63) is 65.7 Å². The fourth-order valence-corrected chi connectivity index (χ4v) is 4.06. The van der Waals surface area contributed by atoms with Gasteiger partial charge in [-0.05, 0) is 48.1 Å². The molecule has 15 nitrogen and oxygen atoms in total. The van der Waals surface area contributed by atoms with Crippen LogP contribution in [-0.4, -0.2) is 99.6 Å². The minimum atomic E-state index is -1.18. The molecule has 2 rings (SSSR count). The average Bonchev–Trinajstić information content (AvgIpc) is 2.97. The average molecular weight is 652 g/mol. The van der Waals surface area contributed by atoms with Crippen LogP contribution in [0.25, 0.3) is 0 Å². The Morgan fingerprint density at radius 2 is 1.33 bits per heavy atom. The number of nitrogens with two attached hydrogens (primary N) is 1. The molecule has 0 fully saturated rings. The summed E-state index contributed by atoms with van der Waals surface area (Å²) in [6.07, 6.45) is 2.34. The Balaban J connectivity index is 0.00000364. The lowest BCUT2D eigenvalue weighted by atomic mass is 10.0. The third-order valence-electron chi connectivity index (χ3n) is 5.76. The predicted molar refractivity (Wildman–Crippen MR) is 167 cm³/mol. The van der Waals surface area contributed by atoms with Crippen molar-refractivity contribution in [3.63, 3.8) is 0 Å². The number of carbonyl (C=O) groups excluding carboxylic acids is 4. The summed E-state index contributed by atoms with van der Waals surface area (Å²) in [6, 6.07) is 12.0. The van der Waals surface area contributed by atoms with Gasteiger partial charge in [0.05, 0.1) is 19.1 Å². The van der Waals surface area contributed by atoms with E-state index in [1.165, 1.54) is 23.9 Å². The number of phenolic OH excluding ortho intramolecular Hbond substituents is 1. The number of rotatable bonds is 16. The minimum Gasteiger partial charge on any atom is -0.508 e. The van der Waals surface area contributed by atoms with E-state index in [0.717, 1.165) is 18.1 Å². The number of phenols is 1. The largest absolute Gasteiger partial charge is 0.508 e. The highest BCUT2D eigenvalue weighted by molar-refractivity contribution is 7.98. The van der Waals surface area contributed by atoms with Gasteiger partial charge in [0.2, 0.25) is 23.6 Å². The molecular weight excluding hydrogens is 610 g/mol. The number of carboxylic acid groups (broad SMARTS) is 2. The Morgan fingerprint density at radius 1 is 0.778 bits per heavy atom. The Kier molecular flexibility index (Phi) is 19.7. The van der Waals surface area contributed by atoms with Crippen molar-refractivity contribution in [1.82, 2.24) is 21.3 Å². The quantitative estimate of drug-likeness (QED) is 0.107. The number of thioether (sulfide) groups is 1. The zero-order valence-electron chi connectivity index (χ0n) is 24.9. The van der Waals surface area contributed by atoms with Crippen LogP contribution < -0.4 is 27.0 Å². The fraction of sp³-hybridized carbons (Fsp3) is 0.379. The molecule has 4 amide bonds. The Labute approximate surface area is 264 Å². The molecule has 0 unspecified atom stereocenters. The van der Waals surface area contributed by atoms with E-state index in [4.69, 9.17) is 15.6 Å². The zero-order chi connectivity index (χ0) is 33.1. The monoisotopic (exact) mass is 651 g/mol. The number of hydrogen-bond donors (Lipinski definition) is 8. The van der Waals surface area contributed by atoms with E-state index < -0.39 is 66.8 Å². The van der Waals surface area contributed by atoms with Gasteiger partial charge in [-0.2, -0.15) is 11.8 Å². The highest BCUT2D eigenvalue weighted by Crippen LogP contribution is 2.11. The summed E-state index contributed by atoms with van der Waals surface area (Å²) in [4.78, 5) is 70.5. The Morgan fingerprint density at radius 3 is 1.89 bits per heavy atom. The van der Waals surface area contributed by atoms with Crippen LogP contribution in [0.3, 0.4) is 0 Å². The van der Waals surface area contributed by atoms with Gasteiger partial charge >= 0.3 is 5.97 Å². The third-order valence-corrected chi connectivity index (χ3v) is 6.40. The van der Waals surface area contributed by atoms with Crippen molar-refractivity contribution in [3.8, 4) is 5.75 Å². The van der Waals surface area contributed by atoms with Gasteiger partial charge in [-0.1, -0.05) is 42.5 Å². The molecule has 0 aliphatic rings. The molecule has 0 spiro atoms. The first-order valence-corrected chi connectivity index (χ1v) is 14.8. The molecule has 248 valence electrons. The molecule has 11 N–H and O–H groups in total. The Bertz CT molecular complexity index is 1240. The highest BCUT2D eigenvalue weighted by atomic mass is 32.2. The van der Waals surface area contributed by atoms with Crippen molar-refractivity contribution < 1.29 is 49.6 Å². The van der Waals surface area contributed by atoms with Gasteiger partial charge in [0.1, 0.15) is 17.8 Å². The lowest BCUT2D eigenvalue weighted by Gasteiger charge is -2.22. The molecule has 16 heteroatoms. The molecule has 2 aromatic rings. The maximum atomic E-state index is 12.9. The molecule has 45 heavy (non-hydrogen) atoms. The summed E-state index contributed by atoms with van der Waals surface area (Å²) in [5, 5.41) is 36.0. The van der Waals surface area contributed by atoms with Crippen molar-refractivity contribution in [1.29, 1.82) is 0 Å². The van der Waals surface area contributed by atoms with Crippen molar-refractivity contribution >= 4 is 47.3 Å². The van der Waals surface area contributed by atoms with Crippen LogP contribution >= 0.6 is 11.8 Å². The van der Waals surface area contributed by atoms with Gasteiger partial charge < -0.3 is 47.8 Å². The summed E-state index contributed by atoms with van der Waals surface area (Å²) >= 11 is 1.45. The molecule has 2 aromatic carbocycles. The summed E-state index contributed by atoms with van der Waals surface area (Å²) in [6.45, 7) is 0.195.